The Morgan fingerprint density at radius 1 is 1.53 bits per heavy atom. The first-order chi connectivity index (χ1) is 8.04. The van der Waals surface area contributed by atoms with E-state index in [1.165, 1.54) is 12.1 Å². The maximum Gasteiger partial charge on any atom is 0.188 e. The molecular weight excluding hydrogens is 219 g/mol. The summed E-state index contributed by atoms with van der Waals surface area (Å²) >= 11 is 0. The smallest absolute Gasteiger partial charge is 0.188 e. The molecular formula is C12H19FN4. The maximum atomic E-state index is 13.2. The van der Waals surface area contributed by atoms with Crippen LogP contribution >= 0.6 is 0 Å². The van der Waals surface area contributed by atoms with E-state index >= 15 is 0 Å². The van der Waals surface area contributed by atoms with Crippen molar-refractivity contribution in [2.24, 2.45) is 10.7 Å². The second-order valence-electron chi connectivity index (χ2n) is 4.02. The van der Waals surface area contributed by atoms with Gasteiger partial charge in [0.15, 0.2) is 5.96 Å². The van der Waals surface area contributed by atoms with Crippen molar-refractivity contribution >= 4 is 5.96 Å². The number of hydrogen-bond donors (Lipinski definition) is 2. The summed E-state index contributed by atoms with van der Waals surface area (Å²) in [6.07, 6.45) is 0. The summed E-state index contributed by atoms with van der Waals surface area (Å²) in [6, 6.07) is 6.62. The molecule has 0 fully saturated rings. The number of halogens is 1. The van der Waals surface area contributed by atoms with Crippen LogP contribution < -0.4 is 11.1 Å². The molecule has 0 aliphatic rings. The third kappa shape index (κ3) is 4.03. The van der Waals surface area contributed by atoms with Gasteiger partial charge in [0.05, 0.1) is 6.04 Å². The summed E-state index contributed by atoms with van der Waals surface area (Å²) in [4.78, 5) is 5.83. The van der Waals surface area contributed by atoms with Gasteiger partial charge in [0.2, 0.25) is 0 Å². The van der Waals surface area contributed by atoms with E-state index in [1.54, 1.807) is 13.1 Å². The number of nitrogens with one attached hydrogen (secondary N) is 1. The molecule has 0 spiro atoms. The zero-order valence-corrected chi connectivity index (χ0v) is 10.4. The van der Waals surface area contributed by atoms with Crippen molar-refractivity contribution in [1.82, 2.24) is 10.2 Å². The molecule has 1 rings (SSSR count). The molecule has 0 amide bonds. The van der Waals surface area contributed by atoms with E-state index in [2.05, 4.69) is 10.3 Å². The van der Waals surface area contributed by atoms with Crippen LogP contribution in [0.5, 0.6) is 0 Å². The van der Waals surface area contributed by atoms with Crippen molar-refractivity contribution in [3.63, 3.8) is 0 Å². The van der Waals surface area contributed by atoms with Crippen LogP contribution in [0.25, 0.3) is 0 Å². The molecule has 3 N–H and O–H groups in total. The van der Waals surface area contributed by atoms with Gasteiger partial charge in [0.1, 0.15) is 5.82 Å². The zero-order chi connectivity index (χ0) is 12.8. The van der Waals surface area contributed by atoms with E-state index in [4.69, 9.17) is 5.73 Å². The Labute approximate surface area is 101 Å². The van der Waals surface area contributed by atoms with E-state index < -0.39 is 0 Å². The maximum absolute atomic E-state index is 13.2. The lowest BCUT2D eigenvalue weighted by Crippen LogP contribution is -2.38. The Balaban J connectivity index is 2.79. The fraction of sp³-hybridized carbons (Fsp3) is 0.417. The number of likely N-dealkylation sites (N-methyl/N-ethyl adjacent to an activating group) is 1. The average molecular weight is 238 g/mol. The van der Waals surface area contributed by atoms with Gasteiger partial charge in [0, 0.05) is 13.6 Å². The monoisotopic (exact) mass is 238 g/mol. The number of rotatable bonds is 4. The first kappa shape index (κ1) is 13.4. The van der Waals surface area contributed by atoms with Crippen LogP contribution in [0.4, 0.5) is 4.39 Å². The van der Waals surface area contributed by atoms with E-state index in [0.29, 0.717) is 12.5 Å². The number of guanidine groups is 1. The van der Waals surface area contributed by atoms with Crippen LogP contribution in [0.3, 0.4) is 0 Å². The number of nitrogens with zero attached hydrogens (tertiary/aromatic N) is 2. The molecule has 0 radical (unpaired) electrons. The highest BCUT2D eigenvalue weighted by Crippen LogP contribution is 2.17. The van der Waals surface area contributed by atoms with Crippen LogP contribution in [-0.4, -0.2) is 38.5 Å². The molecule has 0 aromatic heterocycles. The van der Waals surface area contributed by atoms with E-state index in [1.807, 2.05) is 25.1 Å². The predicted molar refractivity (Wildman–Crippen MR) is 68.4 cm³/mol. The Hall–Kier alpha value is -1.62. The lowest BCUT2D eigenvalue weighted by Gasteiger charge is -2.25. The number of aliphatic imine (C=N–C) groups is 1. The molecule has 0 heterocycles. The van der Waals surface area contributed by atoms with Gasteiger partial charge >= 0.3 is 0 Å². The number of benzene rings is 1. The largest absolute Gasteiger partial charge is 0.370 e. The van der Waals surface area contributed by atoms with E-state index in [9.17, 15) is 4.39 Å². The summed E-state index contributed by atoms with van der Waals surface area (Å²) in [5.41, 5.74) is 6.48. The van der Waals surface area contributed by atoms with Gasteiger partial charge in [-0.3, -0.25) is 4.99 Å². The molecule has 0 bridgehead atoms. The van der Waals surface area contributed by atoms with Gasteiger partial charge in [-0.25, -0.2) is 4.39 Å². The Bertz CT molecular complexity index is 390. The molecule has 0 aliphatic heterocycles. The predicted octanol–water partition coefficient (Wildman–Crippen LogP) is 0.962. The summed E-state index contributed by atoms with van der Waals surface area (Å²) in [5.74, 6) is 0.153. The zero-order valence-electron chi connectivity index (χ0n) is 10.4. The molecule has 0 saturated heterocycles. The third-order valence-electron chi connectivity index (χ3n) is 2.57. The second kappa shape index (κ2) is 6.20. The number of nitrogens with two attached hydrogens (primary N) is 1. The van der Waals surface area contributed by atoms with Gasteiger partial charge in [-0.1, -0.05) is 12.1 Å². The normalized spacial score (nSPS) is 13.8. The van der Waals surface area contributed by atoms with Crippen molar-refractivity contribution in [1.29, 1.82) is 0 Å². The SMILES string of the molecule is CN=C(N)NCC(c1cccc(F)c1)N(C)C. The quantitative estimate of drug-likeness (QED) is 0.607. The molecule has 17 heavy (non-hydrogen) atoms. The summed E-state index contributed by atoms with van der Waals surface area (Å²) < 4.78 is 13.2. The summed E-state index contributed by atoms with van der Waals surface area (Å²) in [7, 11) is 5.50. The highest BCUT2D eigenvalue weighted by molar-refractivity contribution is 5.77. The molecule has 1 unspecified atom stereocenters. The highest BCUT2D eigenvalue weighted by atomic mass is 19.1. The van der Waals surface area contributed by atoms with Crippen molar-refractivity contribution in [2.45, 2.75) is 6.04 Å². The van der Waals surface area contributed by atoms with Crippen LogP contribution in [0, 0.1) is 5.82 Å². The van der Waals surface area contributed by atoms with Crippen molar-refractivity contribution in [2.75, 3.05) is 27.7 Å². The van der Waals surface area contributed by atoms with Crippen LogP contribution in [-0.2, 0) is 0 Å². The van der Waals surface area contributed by atoms with Crippen molar-refractivity contribution < 1.29 is 4.39 Å². The molecule has 0 aliphatic carbocycles. The molecule has 5 heteroatoms. The standard InChI is InChI=1S/C12H19FN4/c1-15-12(14)16-8-11(17(2)3)9-5-4-6-10(13)7-9/h4-7,11H,8H2,1-3H3,(H3,14,15,16). The van der Waals surface area contributed by atoms with Gasteiger partial charge in [-0.15, -0.1) is 0 Å². The first-order valence-corrected chi connectivity index (χ1v) is 5.42. The third-order valence-corrected chi connectivity index (χ3v) is 2.57. The van der Waals surface area contributed by atoms with Crippen LogP contribution in [0.15, 0.2) is 29.3 Å². The van der Waals surface area contributed by atoms with Gasteiger partial charge in [0.25, 0.3) is 0 Å². The fourth-order valence-electron chi connectivity index (χ4n) is 1.59. The molecule has 1 aromatic rings. The minimum Gasteiger partial charge on any atom is -0.370 e. The fourth-order valence-corrected chi connectivity index (χ4v) is 1.59. The second-order valence-corrected chi connectivity index (χ2v) is 4.02. The number of hydrogen-bond acceptors (Lipinski definition) is 2. The van der Waals surface area contributed by atoms with Crippen molar-refractivity contribution in [3.05, 3.63) is 35.6 Å². The molecule has 1 aromatic carbocycles. The Kier molecular flexibility index (Phi) is 4.90. The average Bonchev–Trinajstić information content (AvgIpc) is 2.28. The van der Waals surface area contributed by atoms with Crippen molar-refractivity contribution in [3.8, 4) is 0 Å². The van der Waals surface area contributed by atoms with Gasteiger partial charge in [-0.05, 0) is 31.8 Å². The van der Waals surface area contributed by atoms with Gasteiger partial charge < -0.3 is 16.0 Å². The molecule has 0 saturated carbocycles. The van der Waals surface area contributed by atoms with E-state index in [-0.39, 0.29) is 11.9 Å². The molecule has 4 nitrogen and oxygen atoms in total. The lowest BCUT2D eigenvalue weighted by molar-refractivity contribution is 0.298. The summed E-state index contributed by atoms with van der Waals surface area (Å²) in [6.45, 7) is 0.583. The molecule has 94 valence electrons. The van der Waals surface area contributed by atoms with E-state index in [0.717, 1.165) is 5.56 Å². The minimum atomic E-state index is -0.230. The highest BCUT2D eigenvalue weighted by Gasteiger charge is 2.14. The topological polar surface area (TPSA) is 53.6 Å². The minimum absolute atomic E-state index is 0.0472. The Morgan fingerprint density at radius 2 is 2.24 bits per heavy atom. The van der Waals surface area contributed by atoms with Gasteiger partial charge in [-0.2, -0.15) is 0 Å². The summed E-state index contributed by atoms with van der Waals surface area (Å²) in [5, 5.41) is 3.00. The molecule has 1 atom stereocenters. The van der Waals surface area contributed by atoms with Crippen LogP contribution in [0.2, 0.25) is 0 Å². The lowest BCUT2D eigenvalue weighted by atomic mass is 10.1. The first-order valence-electron chi connectivity index (χ1n) is 5.42. The van der Waals surface area contributed by atoms with Crippen LogP contribution in [0.1, 0.15) is 11.6 Å². The Morgan fingerprint density at radius 3 is 2.76 bits per heavy atom.